The number of anilines is 2. The summed E-state index contributed by atoms with van der Waals surface area (Å²) < 4.78 is 13.1. The van der Waals surface area contributed by atoms with E-state index in [0.717, 1.165) is 24.3 Å². The van der Waals surface area contributed by atoms with E-state index in [4.69, 9.17) is 0 Å². The summed E-state index contributed by atoms with van der Waals surface area (Å²) >= 11 is 0. The van der Waals surface area contributed by atoms with E-state index in [1.165, 1.54) is 23.8 Å². The molecule has 1 amide bonds. The average molecular weight is 256 g/mol. The molecule has 3 rings (SSSR count). The van der Waals surface area contributed by atoms with Crippen molar-refractivity contribution in [2.45, 2.75) is 6.42 Å². The number of halogens is 1. The highest BCUT2D eigenvalue weighted by Gasteiger charge is 2.12. The van der Waals surface area contributed by atoms with Crippen LogP contribution in [0.1, 0.15) is 15.9 Å². The van der Waals surface area contributed by atoms with Crippen LogP contribution < -0.4 is 10.6 Å². The fourth-order valence-corrected chi connectivity index (χ4v) is 2.22. The number of hydrogen-bond acceptors (Lipinski definition) is 2. The molecule has 19 heavy (non-hydrogen) atoms. The van der Waals surface area contributed by atoms with Crippen LogP contribution in [0.25, 0.3) is 0 Å². The minimum Gasteiger partial charge on any atom is -0.384 e. The summed E-state index contributed by atoms with van der Waals surface area (Å²) in [5.41, 5.74) is 3.36. The Morgan fingerprint density at radius 2 is 2.11 bits per heavy atom. The number of fused-ring (bicyclic) bond motifs is 1. The van der Waals surface area contributed by atoms with Gasteiger partial charge in [0.05, 0.1) is 0 Å². The molecule has 96 valence electrons. The first kappa shape index (κ1) is 11.7. The third-order valence-electron chi connectivity index (χ3n) is 3.16. The number of rotatable bonds is 2. The Kier molecular flexibility index (Phi) is 2.91. The first-order valence-electron chi connectivity index (χ1n) is 6.16. The number of carbonyl (C=O) groups excluding carboxylic acids is 1. The molecular weight excluding hydrogens is 243 g/mol. The molecule has 0 unspecified atom stereocenters. The van der Waals surface area contributed by atoms with Crippen molar-refractivity contribution in [1.29, 1.82) is 0 Å². The van der Waals surface area contributed by atoms with Gasteiger partial charge in [-0.25, -0.2) is 4.39 Å². The third kappa shape index (κ3) is 2.42. The molecule has 1 aliphatic heterocycles. The van der Waals surface area contributed by atoms with Crippen molar-refractivity contribution in [2.75, 3.05) is 17.2 Å². The first-order chi connectivity index (χ1) is 9.22. The molecule has 0 bridgehead atoms. The second-order valence-electron chi connectivity index (χ2n) is 4.51. The van der Waals surface area contributed by atoms with Crippen LogP contribution in [0, 0.1) is 5.82 Å². The molecule has 2 aromatic carbocycles. The molecule has 2 aromatic rings. The highest BCUT2D eigenvalue weighted by molar-refractivity contribution is 6.04. The summed E-state index contributed by atoms with van der Waals surface area (Å²) in [5, 5.41) is 6.04. The van der Waals surface area contributed by atoms with Crippen LogP contribution in [-0.2, 0) is 6.42 Å². The van der Waals surface area contributed by atoms with E-state index >= 15 is 0 Å². The molecule has 0 radical (unpaired) electrons. The van der Waals surface area contributed by atoms with Gasteiger partial charge in [-0.05, 0) is 48.4 Å². The Bertz CT molecular complexity index is 640. The van der Waals surface area contributed by atoms with Gasteiger partial charge in [0.25, 0.3) is 5.91 Å². The van der Waals surface area contributed by atoms with E-state index < -0.39 is 5.82 Å². The van der Waals surface area contributed by atoms with Gasteiger partial charge in [-0.3, -0.25) is 4.79 Å². The highest BCUT2D eigenvalue weighted by atomic mass is 19.1. The van der Waals surface area contributed by atoms with Crippen molar-refractivity contribution in [3.8, 4) is 0 Å². The predicted octanol–water partition coefficient (Wildman–Crippen LogP) is 3.05. The van der Waals surface area contributed by atoms with Gasteiger partial charge in [0, 0.05) is 23.5 Å². The Balaban J connectivity index is 1.80. The summed E-state index contributed by atoms with van der Waals surface area (Å²) in [4.78, 5) is 12.0. The van der Waals surface area contributed by atoms with Crippen molar-refractivity contribution in [2.24, 2.45) is 0 Å². The molecule has 0 fully saturated rings. The lowest BCUT2D eigenvalue weighted by atomic mass is 10.1. The molecule has 0 saturated carbocycles. The van der Waals surface area contributed by atoms with Gasteiger partial charge < -0.3 is 10.6 Å². The van der Waals surface area contributed by atoms with E-state index in [0.29, 0.717) is 5.56 Å². The van der Waals surface area contributed by atoms with Crippen LogP contribution in [0.15, 0.2) is 42.5 Å². The van der Waals surface area contributed by atoms with Crippen molar-refractivity contribution in [3.05, 3.63) is 59.4 Å². The summed E-state index contributed by atoms with van der Waals surface area (Å²) in [6.45, 7) is 0.927. The number of amides is 1. The number of benzene rings is 2. The van der Waals surface area contributed by atoms with Crippen LogP contribution in [0.3, 0.4) is 0 Å². The van der Waals surface area contributed by atoms with E-state index in [-0.39, 0.29) is 5.91 Å². The molecule has 0 aromatic heterocycles. The Labute approximate surface area is 110 Å². The van der Waals surface area contributed by atoms with Gasteiger partial charge in [0.2, 0.25) is 0 Å². The van der Waals surface area contributed by atoms with E-state index in [9.17, 15) is 9.18 Å². The van der Waals surface area contributed by atoms with E-state index in [2.05, 4.69) is 10.6 Å². The average Bonchev–Trinajstić information content (AvgIpc) is 2.86. The topological polar surface area (TPSA) is 41.1 Å². The van der Waals surface area contributed by atoms with Crippen LogP contribution >= 0.6 is 0 Å². The van der Waals surface area contributed by atoms with Gasteiger partial charge in [0.1, 0.15) is 5.82 Å². The van der Waals surface area contributed by atoms with Gasteiger partial charge in [-0.15, -0.1) is 0 Å². The zero-order valence-corrected chi connectivity index (χ0v) is 10.2. The molecule has 0 saturated heterocycles. The summed E-state index contributed by atoms with van der Waals surface area (Å²) in [6.07, 6.45) is 0.957. The Morgan fingerprint density at radius 3 is 2.95 bits per heavy atom. The van der Waals surface area contributed by atoms with Gasteiger partial charge in [-0.2, -0.15) is 0 Å². The fourth-order valence-electron chi connectivity index (χ4n) is 2.22. The molecule has 0 aliphatic carbocycles. The summed E-state index contributed by atoms with van der Waals surface area (Å²) in [6, 6.07) is 11.4. The minimum absolute atomic E-state index is 0.301. The van der Waals surface area contributed by atoms with Gasteiger partial charge in [0.15, 0.2) is 0 Å². The summed E-state index contributed by atoms with van der Waals surface area (Å²) in [7, 11) is 0. The smallest absolute Gasteiger partial charge is 0.255 e. The molecule has 2 N–H and O–H groups in total. The fraction of sp³-hybridized carbons (Fsp3) is 0.133. The first-order valence-corrected chi connectivity index (χ1v) is 6.16. The predicted molar refractivity (Wildman–Crippen MR) is 73.0 cm³/mol. The van der Waals surface area contributed by atoms with Crippen LogP contribution in [0.2, 0.25) is 0 Å². The van der Waals surface area contributed by atoms with Crippen molar-refractivity contribution in [1.82, 2.24) is 0 Å². The van der Waals surface area contributed by atoms with Crippen molar-refractivity contribution in [3.63, 3.8) is 0 Å². The second kappa shape index (κ2) is 4.72. The van der Waals surface area contributed by atoms with Crippen LogP contribution in [-0.4, -0.2) is 12.5 Å². The number of carbonyl (C=O) groups is 1. The maximum atomic E-state index is 13.1. The summed E-state index contributed by atoms with van der Waals surface area (Å²) in [5.74, 6) is -0.712. The van der Waals surface area contributed by atoms with Gasteiger partial charge >= 0.3 is 0 Å². The normalized spacial score (nSPS) is 12.7. The van der Waals surface area contributed by atoms with Crippen LogP contribution in [0.4, 0.5) is 15.8 Å². The molecule has 0 spiro atoms. The Hall–Kier alpha value is -2.36. The largest absolute Gasteiger partial charge is 0.384 e. The zero-order chi connectivity index (χ0) is 13.2. The second-order valence-corrected chi connectivity index (χ2v) is 4.51. The number of hydrogen-bond donors (Lipinski definition) is 2. The van der Waals surface area contributed by atoms with Crippen molar-refractivity contribution < 1.29 is 9.18 Å². The lowest BCUT2D eigenvalue weighted by Crippen LogP contribution is -2.12. The van der Waals surface area contributed by atoms with Crippen molar-refractivity contribution >= 4 is 17.3 Å². The number of nitrogens with one attached hydrogen (secondary N) is 2. The zero-order valence-electron chi connectivity index (χ0n) is 10.2. The van der Waals surface area contributed by atoms with Gasteiger partial charge in [-0.1, -0.05) is 6.07 Å². The molecule has 1 aliphatic rings. The van der Waals surface area contributed by atoms with E-state index in [1.54, 1.807) is 6.07 Å². The van der Waals surface area contributed by atoms with Crippen LogP contribution in [0.5, 0.6) is 0 Å². The third-order valence-corrected chi connectivity index (χ3v) is 3.16. The lowest BCUT2D eigenvalue weighted by Gasteiger charge is -2.07. The minimum atomic E-state index is -0.411. The molecule has 4 heteroatoms. The standard InChI is InChI=1S/C15H13FN2O/c16-12-3-1-2-11(8-12)15(19)18-13-4-5-14-10(9-13)6-7-17-14/h1-5,8-9,17H,6-7H2,(H,18,19). The lowest BCUT2D eigenvalue weighted by molar-refractivity contribution is 0.102. The molecule has 0 atom stereocenters. The Morgan fingerprint density at radius 1 is 1.21 bits per heavy atom. The SMILES string of the molecule is O=C(Nc1ccc2c(c1)CCN2)c1cccc(F)c1. The maximum Gasteiger partial charge on any atom is 0.255 e. The maximum absolute atomic E-state index is 13.1. The molecule has 1 heterocycles. The van der Waals surface area contributed by atoms with E-state index in [1.807, 2.05) is 18.2 Å². The monoisotopic (exact) mass is 256 g/mol. The molecule has 3 nitrogen and oxygen atoms in total. The highest BCUT2D eigenvalue weighted by Crippen LogP contribution is 2.25. The quantitative estimate of drug-likeness (QED) is 0.867. The molecular formula is C15H13FN2O.